The monoisotopic (exact) mass is 320 g/mol. The molecule has 0 unspecified atom stereocenters. The Kier molecular flexibility index (Phi) is 3.16. The van der Waals surface area contributed by atoms with Crippen molar-refractivity contribution in [3.05, 3.63) is 76.7 Å². The molecule has 0 aliphatic heterocycles. The molecule has 0 bridgehead atoms. The van der Waals surface area contributed by atoms with Crippen LogP contribution in [0.5, 0.6) is 0 Å². The molecule has 0 saturated heterocycles. The van der Waals surface area contributed by atoms with E-state index in [0.717, 1.165) is 5.39 Å². The summed E-state index contributed by atoms with van der Waals surface area (Å²) in [6.07, 6.45) is 4.87. The van der Waals surface area contributed by atoms with Crippen molar-refractivity contribution in [2.75, 3.05) is 0 Å². The maximum Gasteiger partial charge on any atom is 0.339 e. The van der Waals surface area contributed by atoms with Crippen LogP contribution >= 0.6 is 0 Å². The average Bonchev–Trinajstić information content (AvgIpc) is 3.00. The molecule has 4 rings (SSSR count). The normalized spacial score (nSPS) is 11.2. The molecule has 6 nitrogen and oxygen atoms in total. The molecule has 6 heteroatoms. The van der Waals surface area contributed by atoms with Gasteiger partial charge in [0.15, 0.2) is 0 Å². The zero-order valence-corrected chi connectivity index (χ0v) is 12.5. The van der Waals surface area contributed by atoms with E-state index in [1.165, 1.54) is 16.8 Å². The van der Waals surface area contributed by atoms with Gasteiger partial charge in [-0.15, -0.1) is 0 Å². The number of carboxylic acids is 1. The minimum atomic E-state index is -1.05. The molecular weight excluding hydrogens is 308 g/mol. The summed E-state index contributed by atoms with van der Waals surface area (Å²) in [6, 6.07) is 10.3. The number of pyridine rings is 2. The van der Waals surface area contributed by atoms with Crippen LogP contribution in [0, 0.1) is 0 Å². The van der Waals surface area contributed by atoms with E-state index in [0.29, 0.717) is 22.1 Å². The molecule has 1 aromatic carbocycles. The fraction of sp³-hybridized carbons (Fsp3) is 0.0556. The number of nitrogens with zero attached hydrogens (tertiary/aromatic N) is 2. The lowest BCUT2D eigenvalue weighted by molar-refractivity contribution is 0.0698. The summed E-state index contributed by atoms with van der Waals surface area (Å²) in [5.41, 5.74) is 0.254. The zero-order valence-electron chi connectivity index (χ0n) is 12.5. The molecule has 24 heavy (non-hydrogen) atoms. The van der Waals surface area contributed by atoms with Crippen molar-refractivity contribution in [3.8, 4) is 0 Å². The Bertz CT molecular complexity index is 1140. The smallest absolute Gasteiger partial charge is 0.339 e. The lowest BCUT2D eigenvalue weighted by Gasteiger charge is -2.04. The first kappa shape index (κ1) is 14.2. The quantitative estimate of drug-likeness (QED) is 0.627. The number of hydrogen-bond acceptors (Lipinski definition) is 4. The maximum atomic E-state index is 12.5. The van der Waals surface area contributed by atoms with Gasteiger partial charge in [-0.05, 0) is 29.7 Å². The number of rotatable bonds is 3. The Hall–Kier alpha value is -3.41. The fourth-order valence-corrected chi connectivity index (χ4v) is 2.78. The predicted octanol–water partition coefficient (Wildman–Crippen LogP) is 2.89. The molecule has 1 N–H and O–H groups in total. The topological polar surface area (TPSA) is 85.3 Å². The molecule has 0 fully saturated rings. The lowest BCUT2D eigenvalue weighted by Crippen LogP contribution is -2.19. The number of aromatic carboxylic acids is 1. The van der Waals surface area contributed by atoms with Gasteiger partial charge in [-0.25, -0.2) is 4.79 Å². The highest BCUT2D eigenvalue weighted by molar-refractivity contribution is 6.01. The number of benzene rings is 1. The van der Waals surface area contributed by atoms with Crippen LogP contribution in [0.2, 0.25) is 0 Å². The SMILES string of the molecule is O=C(O)c1cccc2cc(Cn3ccc4ccncc4c3=O)oc12. The van der Waals surface area contributed by atoms with Crippen molar-refractivity contribution in [1.82, 2.24) is 9.55 Å². The lowest BCUT2D eigenvalue weighted by atomic mass is 10.1. The molecule has 0 amide bonds. The standard InChI is InChI=1S/C18H12N2O4/c21-17-15-9-19-6-4-11(15)5-7-20(17)10-13-8-12-2-1-3-14(18(22)23)16(12)24-13/h1-9H,10H2,(H,22,23). The summed E-state index contributed by atoms with van der Waals surface area (Å²) in [5.74, 6) is -0.528. The second-order valence-electron chi connectivity index (χ2n) is 5.45. The summed E-state index contributed by atoms with van der Waals surface area (Å²) in [4.78, 5) is 27.8. The molecule has 3 heterocycles. The first-order valence-corrected chi connectivity index (χ1v) is 7.31. The molecule has 0 atom stereocenters. The van der Waals surface area contributed by atoms with Crippen LogP contribution < -0.4 is 5.56 Å². The first-order chi connectivity index (χ1) is 11.6. The third kappa shape index (κ3) is 2.25. The molecule has 0 radical (unpaired) electrons. The average molecular weight is 320 g/mol. The van der Waals surface area contributed by atoms with E-state index in [2.05, 4.69) is 4.98 Å². The second kappa shape index (κ2) is 5.34. The van der Waals surface area contributed by atoms with Crippen LogP contribution in [0.1, 0.15) is 16.1 Å². The van der Waals surface area contributed by atoms with Crippen LogP contribution in [0.4, 0.5) is 0 Å². The van der Waals surface area contributed by atoms with E-state index < -0.39 is 5.97 Å². The number of hydrogen-bond donors (Lipinski definition) is 1. The van der Waals surface area contributed by atoms with Crippen LogP contribution in [-0.2, 0) is 6.54 Å². The summed E-state index contributed by atoms with van der Waals surface area (Å²) in [7, 11) is 0. The van der Waals surface area contributed by atoms with Gasteiger partial charge in [-0.2, -0.15) is 0 Å². The summed E-state index contributed by atoms with van der Waals surface area (Å²) < 4.78 is 7.19. The Balaban J connectivity index is 1.80. The molecule has 0 aliphatic carbocycles. The Morgan fingerprint density at radius 2 is 2.08 bits per heavy atom. The van der Waals surface area contributed by atoms with Gasteiger partial charge in [0.1, 0.15) is 16.9 Å². The zero-order chi connectivity index (χ0) is 16.7. The van der Waals surface area contributed by atoms with Crippen molar-refractivity contribution in [2.24, 2.45) is 0 Å². The number of carbonyl (C=O) groups is 1. The van der Waals surface area contributed by atoms with Gasteiger partial charge in [0.2, 0.25) is 0 Å². The van der Waals surface area contributed by atoms with E-state index >= 15 is 0 Å². The first-order valence-electron chi connectivity index (χ1n) is 7.31. The van der Waals surface area contributed by atoms with Crippen molar-refractivity contribution in [1.29, 1.82) is 0 Å². The van der Waals surface area contributed by atoms with Crippen LogP contribution in [-0.4, -0.2) is 20.6 Å². The summed E-state index contributed by atoms with van der Waals surface area (Å²) in [6.45, 7) is 0.220. The molecule has 0 spiro atoms. The summed E-state index contributed by atoms with van der Waals surface area (Å²) >= 11 is 0. The van der Waals surface area contributed by atoms with E-state index in [4.69, 9.17) is 4.42 Å². The molecule has 4 aromatic rings. The fourth-order valence-electron chi connectivity index (χ4n) is 2.78. The van der Waals surface area contributed by atoms with Crippen molar-refractivity contribution in [3.63, 3.8) is 0 Å². The second-order valence-corrected chi connectivity index (χ2v) is 5.45. The van der Waals surface area contributed by atoms with Gasteiger partial charge in [-0.3, -0.25) is 9.78 Å². The van der Waals surface area contributed by atoms with Gasteiger partial charge in [-0.1, -0.05) is 12.1 Å². The predicted molar refractivity (Wildman–Crippen MR) is 88.3 cm³/mol. The number of furan rings is 1. The number of para-hydroxylation sites is 1. The molecular formula is C18H12N2O4. The minimum absolute atomic E-state index is 0.105. The molecule has 0 saturated carbocycles. The number of fused-ring (bicyclic) bond motifs is 2. The molecule has 0 aliphatic rings. The van der Waals surface area contributed by atoms with Gasteiger partial charge in [0, 0.05) is 24.0 Å². The maximum absolute atomic E-state index is 12.5. The van der Waals surface area contributed by atoms with Crippen LogP contribution in [0.3, 0.4) is 0 Å². The highest BCUT2D eigenvalue weighted by Crippen LogP contribution is 2.23. The minimum Gasteiger partial charge on any atom is -0.478 e. The van der Waals surface area contributed by atoms with Crippen LogP contribution in [0.25, 0.3) is 21.7 Å². The van der Waals surface area contributed by atoms with Crippen LogP contribution in [0.15, 0.2) is 64.2 Å². The highest BCUT2D eigenvalue weighted by atomic mass is 16.4. The number of aromatic nitrogens is 2. The Morgan fingerprint density at radius 1 is 1.21 bits per heavy atom. The Morgan fingerprint density at radius 3 is 2.92 bits per heavy atom. The van der Waals surface area contributed by atoms with Gasteiger partial charge < -0.3 is 14.1 Å². The largest absolute Gasteiger partial charge is 0.478 e. The van der Waals surface area contributed by atoms with Crippen molar-refractivity contribution < 1.29 is 14.3 Å². The van der Waals surface area contributed by atoms with E-state index in [9.17, 15) is 14.7 Å². The van der Waals surface area contributed by atoms with Gasteiger partial charge in [0.05, 0.1) is 11.9 Å². The van der Waals surface area contributed by atoms with E-state index in [-0.39, 0.29) is 17.7 Å². The van der Waals surface area contributed by atoms with E-state index in [1.54, 1.807) is 36.7 Å². The number of carboxylic acid groups (broad SMARTS) is 1. The third-order valence-corrected chi connectivity index (χ3v) is 3.93. The van der Waals surface area contributed by atoms with E-state index in [1.807, 2.05) is 6.07 Å². The third-order valence-electron chi connectivity index (χ3n) is 3.93. The highest BCUT2D eigenvalue weighted by Gasteiger charge is 2.14. The van der Waals surface area contributed by atoms with Gasteiger partial charge >= 0.3 is 5.97 Å². The Labute approximate surface area is 135 Å². The molecule has 3 aromatic heterocycles. The molecule has 118 valence electrons. The summed E-state index contributed by atoms with van der Waals surface area (Å²) in [5, 5.41) is 11.3. The van der Waals surface area contributed by atoms with Gasteiger partial charge in [0.25, 0.3) is 5.56 Å². The van der Waals surface area contributed by atoms with Crippen molar-refractivity contribution in [2.45, 2.75) is 6.54 Å². The van der Waals surface area contributed by atoms with Crippen molar-refractivity contribution >= 4 is 27.7 Å².